The van der Waals surface area contributed by atoms with E-state index in [-0.39, 0.29) is 24.5 Å². The lowest BCUT2D eigenvalue weighted by Crippen LogP contribution is -2.51. The van der Waals surface area contributed by atoms with Crippen molar-refractivity contribution in [3.05, 3.63) is 77.3 Å². The molecule has 3 rings (SSSR count). The molecule has 3 aromatic carbocycles. The third-order valence-electron chi connectivity index (χ3n) is 5.75. The van der Waals surface area contributed by atoms with Gasteiger partial charge in [0.15, 0.2) is 6.61 Å². The van der Waals surface area contributed by atoms with Crippen LogP contribution in [0.25, 0.3) is 10.8 Å². The topological polar surface area (TPSA) is 58.6 Å². The van der Waals surface area contributed by atoms with Gasteiger partial charge in [-0.2, -0.15) is 0 Å². The molecule has 0 unspecified atom stereocenters. The Hall–Kier alpha value is -3.05. The summed E-state index contributed by atoms with van der Waals surface area (Å²) in [7, 11) is 0. The summed E-state index contributed by atoms with van der Waals surface area (Å²) in [4.78, 5) is 28.0. The van der Waals surface area contributed by atoms with E-state index in [1.807, 2.05) is 75.4 Å². The van der Waals surface area contributed by atoms with Crippen LogP contribution in [0.15, 0.2) is 66.7 Å². The zero-order valence-corrected chi connectivity index (χ0v) is 20.1. The van der Waals surface area contributed by atoms with Crippen LogP contribution < -0.4 is 10.1 Å². The van der Waals surface area contributed by atoms with E-state index in [4.69, 9.17) is 16.3 Å². The summed E-state index contributed by atoms with van der Waals surface area (Å²) in [5.41, 5.74) is 0.896. The van der Waals surface area contributed by atoms with Crippen molar-refractivity contribution >= 4 is 34.2 Å². The number of fused-ring (bicyclic) bond motifs is 1. The molecule has 5 nitrogen and oxygen atoms in total. The van der Waals surface area contributed by atoms with E-state index in [0.717, 1.165) is 22.8 Å². The molecule has 6 heteroatoms. The molecule has 0 aromatic heterocycles. The van der Waals surface area contributed by atoms with Crippen molar-refractivity contribution in [3.63, 3.8) is 0 Å². The largest absolute Gasteiger partial charge is 0.483 e. The Morgan fingerprint density at radius 3 is 2.36 bits per heavy atom. The van der Waals surface area contributed by atoms with Crippen LogP contribution in [0.2, 0.25) is 5.02 Å². The molecule has 174 valence electrons. The molecule has 2 amide bonds. The Morgan fingerprint density at radius 1 is 0.970 bits per heavy atom. The lowest BCUT2D eigenvalue weighted by atomic mass is 10.1. The van der Waals surface area contributed by atoms with Crippen molar-refractivity contribution in [1.29, 1.82) is 0 Å². The maximum absolute atomic E-state index is 13.4. The first-order valence-corrected chi connectivity index (χ1v) is 11.8. The Balaban J connectivity index is 1.82. The van der Waals surface area contributed by atoms with Gasteiger partial charge in [0.1, 0.15) is 11.8 Å². The Bertz CT molecular complexity index is 1080. The SMILES string of the molecule is CC[C@H](C)NC(=O)[C@H](CC)N(Cc1ccc(Cl)cc1)C(=O)COc1cccc2ccccc12. The predicted molar refractivity (Wildman–Crippen MR) is 133 cm³/mol. The van der Waals surface area contributed by atoms with E-state index in [1.54, 1.807) is 17.0 Å². The number of benzene rings is 3. The first-order valence-electron chi connectivity index (χ1n) is 11.4. The van der Waals surface area contributed by atoms with Crippen LogP contribution in [0.1, 0.15) is 39.2 Å². The summed E-state index contributed by atoms with van der Waals surface area (Å²) >= 11 is 6.02. The molecule has 0 saturated carbocycles. The van der Waals surface area contributed by atoms with Gasteiger partial charge in [0.2, 0.25) is 5.91 Å². The quantitative estimate of drug-likeness (QED) is 0.423. The summed E-state index contributed by atoms with van der Waals surface area (Å²) in [6.45, 7) is 6.02. The van der Waals surface area contributed by atoms with Crippen molar-refractivity contribution in [3.8, 4) is 5.75 Å². The highest BCUT2D eigenvalue weighted by atomic mass is 35.5. The molecular weight excluding hydrogens is 436 g/mol. The maximum atomic E-state index is 13.4. The summed E-state index contributed by atoms with van der Waals surface area (Å²) in [6.07, 6.45) is 1.31. The predicted octanol–water partition coefficient (Wildman–Crippen LogP) is 5.59. The van der Waals surface area contributed by atoms with Gasteiger partial charge in [-0.05, 0) is 48.9 Å². The first kappa shape index (κ1) is 24.6. The summed E-state index contributed by atoms with van der Waals surface area (Å²) in [5, 5.41) is 5.62. The van der Waals surface area contributed by atoms with Crippen LogP contribution >= 0.6 is 11.6 Å². The van der Waals surface area contributed by atoms with Gasteiger partial charge in [-0.1, -0.05) is 74.0 Å². The number of hydrogen-bond donors (Lipinski definition) is 1. The number of rotatable bonds is 10. The summed E-state index contributed by atoms with van der Waals surface area (Å²) in [6, 6.07) is 20.4. The minimum Gasteiger partial charge on any atom is -0.483 e. The highest BCUT2D eigenvalue weighted by Gasteiger charge is 2.29. The highest BCUT2D eigenvalue weighted by molar-refractivity contribution is 6.30. The highest BCUT2D eigenvalue weighted by Crippen LogP contribution is 2.25. The van der Waals surface area contributed by atoms with E-state index < -0.39 is 6.04 Å². The lowest BCUT2D eigenvalue weighted by Gasteiger charge is -2.31. The molecular formula is C27H31ClN2O3. The molecule has 0 aliphatic carbocycles. The van der Waals surface area contributed by atoms with Crippen LogP contribution in [0.3, 0.4) is 0 Å². The van der Waals surface area contributed by atoms with Gasteiger partial charge >= 0.3 is 0 Å². The average Bonchev–Trinajstić information content (AvgIpc) is 2.83. The van der Waals surface area contributed by atoms with E-state index in [9.17, 15) is 9.59 Å². The number of carbonyl (C=O) groups is 2. The number of ether oxygens (including phenoxy) is 1. The maximum Gasteiger partial charge on any atom is 0.261 e. The zero-order valence-electron chi connectivity index (χ0n) is 19.4. The molecule has 0 saturated heterocycles. The van der Waals surface area contributed by atoms with E-state index in [2.05, 4.69) is 5.32 Å². The molecule has 0 spiro atoms. The number of amides is 2. The second kappa shape index (κ2) is 11.7. The Morgan fingerprint density at radius 2 is 1.67 bits per heavy atom. The van der Waals surface area contributed by atoms with Gasteiger partial charge in [0.05, 0.1) is 0 Å². The smallest absolute Gasteiger partial charge is 0.261 e. The molecule has 2 atom stereocenters. The number of nitrogens with zero attached hydrogens (tertiary/aromatic N) is 1. The van der Waals surface area contributed by atoms with Crippen LogP contribution in [-0.4, -0.2) is 35.4 Å². The number of nitrogens with one attached hydrogen (secondary N) is 1. The number of halogens is 1. The zero-order chi connectivity index (χ0) is 23.8. The van der Waals surface area contributed by atoms with Gasteiger partial charge in [-0.3, -0.25) is 9.59 Å². The lowest BCUT2D eigenvalue weighted by molar-refractivity contribution is -0.143. The van der Waals surface area contributed by atoms with Crippen molar-refractivity contribution in [1.82, 2.24) is 10.2 Å². The molecule has 0 heterocycles. The molecule has 33 heavy (non-hydrogen) atoms. The molecule has 1 N–H and O–H groups in total. The van der Waals surface area contributed by atoms with Crippen LogP contribution in [-0.2, 0) is 16.1 Å². The van der Waals surface area contributed by atoms with Gasteiger partial charge in [-0.15, -0.1) is 0 Å². The second-order valence-electron chi connectivity index (χ2n) is 8.16. The minimum atomic E-state index is -0.599. The fourth-order valence-corrected chi connectivity index (χ4v) is 3.82. The van der Waals surface area contributed by atoms with Gasteiger partial charge in [-0.25, -0.2) is 0 Å². The minimum absolute atomic E-state index is 0.0333. The Labute approximate surface area is 200 Å². The summed E-state index contributed by atoms with van der Waals surface area (Å²) < 4.78 is 5.95. The third kappa shape index (κ3) is 6.48. The molecule has 0 radical (unpaired) electrons. The van der Waals surface area contributed by atoms with Crippen molar-refractivity contribution in [2.75, 3.05) is 6.61 Å². The number of carbonyl (C=O) groups excluding carboxylic acids is 2. The van der Waals surface area contributed by atoms with Crippen LogP contribution in [0.5, 0.6) is 5.75 Å². The third-order valence-corrected chi connectivity index (χ3v) is 6.01. The normalized spacial score (nSPS) is 12.7. The van der Waals surface area contributed by atoms with Gasteiger partial charge in [0, 0.05) is 23.0 Å². The summed E-state index contributed by atoms with van der Waals surface area (Å²) in [5.74, 6) is 0.244. The average molecular weight is 467 g/mol. The molecule has 0 aliphatic heterocycles. The Kier molecular flexibility index (Phi) is 8.72. The van der Waals surface area contributed by atoms with Crippen LogP contribution in [0.4, 0.5) is 0 Å². The number of hydrogen-bond acceptors (Lipinski definition) is 3. The molecule has 0 aliphatic rings. The standard InChI is InChI=1S/C27H31ClN2O3/c1-4-19(3)29-27(32)24(5-2)30(17-20-13-15-22(28)16-14-20)26(31)18-33-25-12-8-10-21-9-6-7-11-23(21)25/h6-16,19,24H,4-5,17-18H2,1-3H3,(H,29,32)/t19-,24-/m0/s1. The second-order valence-corrected chi connectivity index (χ2v) is 8.59. The van der Waals surface area contributed by atoms with Crippen LogP contribution in [0, 0.1) is 0 Å². The van der Waals surface area contributed by atoms with Gasteiger partial charge < -0.3 is 15.0 Å². The van der Waals surface area contributed by atoms with E-state index in [1.165, 1.54) is 0 Å². The molecule has 0 fully saturated rings. The fraction of sp³-hybridized carbons (Fsp3) is 0.333. The van der Waals surface area contributed by atoms with Crippen molar-refractivity contribution in [2.24, 2.45) is 0 Å². The van der Waals surface area contributed by atoms with Gasteiger partial charge in [0.25, 0.3) is 5.91 Å². The molecule has 0 bridgehead atoms. The first-order chi connectivity index (χ1) is 15.9. The monoisotopic (exact) mass is 466 g/mol. The van der Waals surface area contributed by atoms with Crippen molar-refractivity contribution in [2.45, 2.75) is 52.2 Å². The van der Waals surface area contributed by atoms with E-state index in [0.29, 0.717) is 23.7 Å². The van der Waals surface area contributed by atoms with Crippen molar-refractivity contribution < 1.29 is 14.3 Å². The molecule has 3 aromatic rings. The fourth-order valence-electron chi connectivity index (χ4n) is 3.69. The van der Waals surface area contributed by atoms with E-state index >= 15 is 0 Å².